The molecule has 0 bridgehead atoms. The second-order valence-electron chi connectivity index (χ2n) is 8.05. The zero-order chi connectivity index (χ0) is 26.5. The molecule has 5 nitrogen and oxygen atoms in total. The summed E-state index contributed by atoms with van der Waals surface area (Å²) < 4.78 is 118. The van der Waals surface area contributed by atoms with Gasteiger partial charge < -0.3 is 0 Å². The maximum absolute atomic E-state index is 14.5. The monoisotopic (exact) mass is 531 g/mol. The Morgan fingerprint density at radius 1 is 0.917 bits per heavy atom. The lowest BCUT2D eigenvalue weighted by Gasteiger charge is -2.24. The van der Waals surface area contributed by atoms with Crippen LogP contribution in [0.25, 0.3) is 11.1 Å². The fourth-order valence-electron chi connectivity index (χ4n) is 3.69. The summed E-state index contributed by atoms with van der Waals surface area (Å²) in [6, 6.07) is 9.44. The number of rotatable bonds is 5. The molecule has 2 aromatic carbocycles. The largest absolute Gasteiger partial charge is 0.459 e. The number of alkyl halides is 5. The van der Waals surface area contributed by atoms with Crippen LogP contribution in [-0.4, -0.2) is 37.5 Å². The first-order valence-electron chi connectivity index (χ1n) is 10.2. The molecule has 0 N–H and O–H groups in total. The van der Waals surface area contributed by atoms with Crippen molar-refractivity contribution in [2.24, 2.45) is 5.10 Å². The van der Waals surface area contributed by atoms with Gasteiger partial charge in [0.2, 0.25) is 0 Å². The van der Waals surface area contributed by atoms with Gasteiger partial charge >= 0.3 is 12.1 Å². The summed E-state index contributed by atoms with van der Waals surface area (Å²) in [5, 5.41) is 4.19. The van der Waals surface area contributed by atoms with E-state index in [0.29, 0.717) is 17.2 Å². The molecule has 0 saturated heterocycles. The molecular formula is C23H16F7N3O2S. The number of benzene rings is 2. The average Bonchev–Trinajstić information content (AvgIpc) is 3.24. The van der Waals surface area contributed by atoms with E-state index in [9.17, 15) is 39.2 Å². The van der Waals surface area contributed by atoms with Crippen molar-refractivity contribution in [3.8, 4) is 11.1 Å². The number of hydrogen-bond donors (Lipinski definition) is 0. The highest BCUT2D eigenvalue weighted by molar-refractivity contribution is 7.90. The van der Waals surface area contributed by atoms with Crippen molar-refractivity contribution in [3.63, 3.8) is 0 Å². The fourth-order valence-corrected chi connectivity index (χ4v) is 4.25. The number of halogens is 7. The summed E-state index contributed by atoms with van der Waals surface area (Å²) in [6.45, 7) is 0. The number of hydrazone groups is 1. The van der Waals surface area contributed by atoms with Gasteiger partial charge in [-0.15, -0.1) is 0 Å². The normalized spacial score (nSPS) is 16.8. The lowest BCUT2D eigenvalue weighted by Crippen LogP contribution is -2.43. The first-order chi connectivity index (χ1) is 16.7. The summed E-state index contributed by atoms with van der Waals surface area (Å²) in [6.07, 6.45) is -4.56. The number of nitrogens with zero attached hydrogens (tertiary/aromatic N) is 3. The highest BCUT2D eigenvalue weighted by Gasteiger charge is 2.63. The number of hydrogen-bond acceptors (Lipinski definition) is 5. The van der Waals surface area contributed by atoms with E-state index in [1.165, 1.54) is 42.6 Å². The highest BCUT2D eigenvalue weighted by atomic mass is 32.2. The summed E-state index contributed by atoms with van der Waals surface area (Å²) in [4.78, 5) is 3.87. The van der Waals surface area contributed by atoms with Gasteiger partial charge in [-0.1, -0.05) is 18.2 Å². The second kappa shape index (κ2) is 8.87. The van der Waals surface area contributed by atoms with Crippen LogP contribution in [0.1, 0.15) is 18.0 Å². The van der Waals surface area contributed by atoms with Crippen LogP contribution in [0.5, 0.6) is 0 Å². The molecule has 1 unspecified atom stereocenters. The van der Waals surface area contributed by atoms with E-state index in [1.54, 1.807) is 0 Å². The Labute approximate surface area is 200 Å². The van der Waals surface area contributed by atoms with Gasteiger partial charge in [0.1, 0.15) is 17.3 Å². The van der Waals surface area contributed by atoms with Gasteiger partial charge in [0.25, 0.3) is 0 Å². The Balaban J connectivity index is 1.72. The van der Waals surface area contributed by atoms with E-state index >= 15 is 0 Å². The minimum atomic E-state index is -5.91. The lowest BCUT2D eigenvalue weighted by molar-refractivity contribution is -0.249. The Kier molecular flexibility index (Phi) is 6.31. The maximum atomic E-state index is 14.5. The summed E-state index contributed by atoms with van der Waals surface area (Å²) in [5.74, 6) is -7.32. The van der Waals surface area contributed by atoms with Crippen LogP contribution in [0.3, 0.4) is 0 Å². The zero-order valence-electron chi connectivity index (χ0n) is 18.3. The number of sulfone groups is 1. The molecule has 0 radical (unpaired) electrons. The van der Waals surface area contributed by atoms with Gasteiger partial charge in [-0.25, -0.2) is 22.2 Å². The molecule has 1 aliphatic heterocycles. The maximum Gasteiger partial charge on any atom is 0.459 e. The van der Waals surface area contributed by atoms with E-state index in [-0.39, 0.29) is 16.3 Å². The van der Waals surface area contributed by atoms with Crippen molar-refractivity contribution in [1.29, 1.82) is 0 Å². The standard InChI is InChI=1S/C23H16F7N3O2S/c1-36(34,35)21-9-4-14(12-31-21)13-2-6-16(7-3-13)33-19(17-8-5-15(24)10-18(17)25)11-20(32-33)22(26,27)23(28,29)30/h2-10,12,19H,11H2,1H3. The van der Waals surface area contributed by atoms with Crippen molar-refractivity contribution in [1.82, 2.24) is 4.98 Å². The van der Waals surface area contributed by atoms with E-state index in [1.807, 2.05) is 0 Å². The fraction of sp³-hybridized carbons (Fsp3) is 0.217. The van der Waals surface area contributed by atoms with Crippen molar-refractivity contribution in [2.75, 3.05) is 11.3 Å². The van der Waals surface area contributed by atoms with E-state index in [2.05, 4.69) is 10.1 Å². The Morgan fingerprint density at radius 2 is 1.56 bits per heavy atom. The van der Waals surface area contributed by atoms with Crippen molar-refractivity contribution in [3.05, 3.63) is 78.0 Å². The van der Waals surface area contributed by atoms with Crippen molar-refractivity contribution < 1.29 is 39.2 Å². The van der Waals surface area contributed by atoms with Crippen LogP contribution in [0.2, 0.25) is 0 Å². The van der Waals surface area contributed by atoms with Gasteiger partial charge in [-0.2, -0.15) is 27.1 Å². The molecule has 0 aliphatic carbocycles. The molecule has 3 aromatic rings. The topological polar surface area (TPSA) is 62.6 Å². The highest BCUT2D eigenvalue weighted by Crippen LogP contribution is 2.45. The van der Waals surface area contributed by atoms with Crippen molar-refractivity contribution in [2.45, 2.75) is 29.6 Å². The molecule has 1 atom stereocenters. The molecule has 13 heteroatoms. The number of pyridine rings is 1. The van der Waals surface area contributed by atoms with Gasteiger partial charge in [0, 0.05) is 36.1 Å². The molecule has 1 aliphatic rings. The van der Waals surface area contributed by atoms with Gasteiger partial charge in [0.15, 0.2) is 14.9 Å². The first-order valence-corrected chi connectivity index (χ1v) is 12.1. The molecule has 190 valence electrons. The Bertz CT molecular complexity index is 1420. The second-order valence-corrected chi connectivity index (χ2v) is 10.0. The van der Waals surface area contributed by atoms with Crippen LogP contribution < -0.4 is 5.01 Å². The third-order valence-corrected chi connectivity index (χ3v) is 6.53. The van der Waals surface area contributed by atoms with E-state index in [4.69, 9.17) is 0 Å². The van der Waals surface area contributed by atoms with E-state index in [0.717, 1.165) is 23.4 Å². The molecule has 36 heavy (non-hydrogen) atoms. The Hall–Kier alpha value is -3.48. The van der Waals surface area contributed by atoms with Crippen LogP contribution in [0.15, 0.2) is 70.9 Å². The minimum absolute atomic E-state index is 0.0705. The molecule has 4 rings (SSSR count). The third kappa shape index (κ3) is 4.79. The smallest absolute Gasteiger partial charge is 0.257 e. The molecule has 0 saturated carbocycles. The molecule has 2 heterocycles. The van der Waals surface area contributed by atoms with Crippen LogP contribution in [0, 0.1) is 11.6 Å². The summed E-state index contributed by atoms with van der Waals surface area (Å²) >= 11 is 0. The number of aromatic nitrogens is 1. The van der Waals surface area contributed by atoms with Crippen LogP contribution >= 0.6 is 0 Å². The predicted octanol–water partition coefficient (Wildman–Crippen LogP) is 5.94. The first kappa shape index (κ1) is 25.6. The Morgan fingerprint density at radius 3 is 2.08 bits per heavy atom. The van der Waals surface area contributed by atoms with Gasteiger partial charge in [-0.3, -0.25) is 5.01 Å². The van der Waals surface area contributed by atoms with Gasteiger partial charge in [-0.05, 0) is 35.9 Å². The molecular weight excluding hydrogens is 515 g/mol. The summed E-state index contributed by atoms with van der Waals surface area (Å²) in [5.41, 5.74) is -0.712. The van der Waals surface area contributed by atoms with Crippen molar-refractivity contribution >= 4 is 21.2 Å². The number of anilines is 1. The van der Waals surface area contributed by atoms with E-state index < -0.39 is 51.7 Å². The molecule has 0 amide bonds. The molecule has 0 fully saturated rings. The van der Waals surface area contributed by atoms with Crippen LogP contribution in [-0.2, 0) is 9.84 Å². The summed E-state index contributed by atoms with van der Waals surface area (Å²) in [7, 11) is -3.51. The predicted molar refractivity (Wildman–Crippen MR) is 117 cm³/mol. The quantitative estimate of drug-likeness (QED) is 0.383. The molecule has 0 spiro atoms. The molecule has 1 aromatic heterocycles. The van der Waals surface area contributed by atoms with Gasteiger partial charge in [0.05, 0.1) is 11.7 Å². The van der Waals surface area contributed by atoms with Crippen LogP contribution in [0.4, 0.5) is 36.4 Å². The third-order valence-electron chi connectivity index (χ3n) is 5.53. The zero-order valence-corrected chi connectivity index (χ0v) is 19.1. The minimum Gasteiger partial charge on any atom is -0.257 e. The SMILES string of the molecule is CS(=O)(=O)c1ccc(-c2ccc(N3N=C(C(F)(F)C(F)(F)F)CC3c3ccc(F)cc3F)cc2)cn1. The lowest BCUT2D eigenvalue weighted by atomic mass is 9.98. The average molecular weight is 531 g/mol.